The molecule has 5 heteroatoms. The Kier molecular flexibility index (Phi) is 2.85. The lowest BCUT2D eigenvalue weighted by Crippen LogP contribution is -1.99. The van der Waals surface area contributed by atoms with Gasteiger partial charge in [0.15, 0.2) is 11.6 Å². The molecule has 0 saturated heterocycles. The number of benzene rings is 1. The first-order valence-electron chi connectivity index (χ1n) is 3.38. The van der Waals surface area contributed by atoms with Crippen LogP contribution in [0.25, 0.3) is 0 Å². The van der Waals surface area contributed by atoms with Crippen molar-refractivity contribution in [3.05, 3.63) is 34.9 Å². The molecule has 72 valence electrons. The summed E-state index contributed by atoms with van der Waals surface area (Å²) in [4.78, 5) is 0. The minimum atomic E-state index is -3.00. The Bertz CT molecular complexity index is 308. The third-order valence-electron chi connectivity index (χ3n) is 1.60. The van der Waals surface area contributed by atoms with E-state index >= 15 is 0 Å². The van der Waals surface area contributed by atoms with E-state index in [0.717, 1.165) is 0 Å². The van der Waals surface area contributed by atoms with Crippen LogP contribution in [0.1, 0.15) is 17.6 Å². The predicted molar refractivity (Wildman–Crippen MR) is 36.1 cm³/mol. The Morgan fingerprint density at radius 1 is 1.15 bits per heavy atom. The molecular formula is C8H5F5. The highest BCUT2D eigenvalue weighted by Crippen LogP contribution is 2.26. The van der Waals surface area contributed by atoms with E-state index in [1.807, 2.05) is 0 Å². The molecule has 1 aromatic rings. The molecule has 0 unspecified atom stereocenters. The fourth-order valence-corrected chi connectivity index (χ4v) is 0.948. The molecule has 0 amide bonds. The molecule has 0 saturated carbocycles. The molecule has 0 N–H and O–H groups in total. The molecule has 1 rings (SSSR count). The minimum absolute atomic E-state index is 0.552. The van der Waals surface area contributed by atoms with Crippen molar-refractivity contribution >= 4 is 0 Å². The van der Waals surface area contributed by atoms with Crippen LogP contribution < -0.4 is 0 Å². The van der Waals surface area contributed by atoms with Crippen molar-refractivity contribution in [2.45, 2.75) is 13.1 Å². The van der Waals surface area contributed by atoms with E-state index in [9.17, 15) is 22.0 Å². The van der Waals surface area contributed by atoms with Crippen LogP contribution in [0.15, 0.2) is 12.1 Å². The van der Waals surface area contributed by atoms with Crippen LogP contribution in [-0.4, -0.2) is 0 Å². The fourth-order valence-electron chi connectivity index (χ4n) is 0.948. The number of alkyl halides is 3. The molecule has 0 radical (unpaired) electrons. The van der Waals surface area contributed by atoms with Gasteiger partial charge in [0.05, 0.1) is 0 Å². The average molecular weight is 196 g/mol. The molecule has 13 heavy (non-hydrogen) atoms. The summed E-state index contributed by atoms with van der Waals surface area (Å²) in [6.45, 7) is -1.44. The summed E-state index contributed by atoms with van der Waals surface area (Å²) < 4.78 is 61.3. The van der Waals surface area contributed by atoms with E-state index < -0.39 is 35.9 Å². The van der Waals surface area contributed by atoms with Crippen LogP contribution in [-0.2, 0) is 6.67 Å². The maximum atomic E-state index is 12.7. The van der Waals surface area contributed by atoms with Gasteiger partial charge in [-0.15, -0.1) is 0 Å². The monoisotopic (exact) mass is 196 g/mol. The minimum Gasteiger partial charge on any atom is -0.246 e. The normalized spacial score (nSPS) is 10.9. The van der Waals surface area contributed by atoms with Gasteiger partial charge in [-0.2, -0.15) is 0 Å². The molecule has 0 spiro atoms. The van der Waals surface area contributed by atoms with Crippen molar-refractivity contribution in [1.29, 1.82) is 0 Å². The zero-order valence-corrected chi connectivity index (χ0v) is 6.33. The second-order valence-corrected chi connectivity index (χ2v) is 2.36. The quantitative estimate of drug-likeness (QED) is 0.636. The third-order valence-corrected chi connectivity index (χ3v) is 1.60. The molecule has 0 nitrogen and oxygen atoms in total. The molecule has 0 fully saturated rings. The van der Waals surface area contributed by atoms with E-state index in [2.05, 4.69) is 0 Å². The van der Waals surface area contributed by atoms with Gasteiger partial charge in [-0.1, -0.05) is 0 Å². The fraction of sp³-hybridized carbons (Fsp3) is 0.250. The number of hydrogen-bond donors (Lipinski definition) is 0. The Balaban J connectivity index is 3.30. The van der Waals surface area contributed by atoms with Gasteiger partial charge in [-0.3, -0.25) is 0 Å². The van der Waals surface area contributed by atoms with E-state index in [0.29, 0.717) is 12.1 Å². The maximum Gasteiger partial charge on any atom is 0.264 e. The summed E-state index contributed by atoms with van der Waals surface area (Å²) in [7, 11) is 0. The van der Waals surface area contributed by atoms with Gasteiger partial charge in [-0.05, 0) is 12.1 Å². The van der Waals surface area contributed by atoms with Crippen molar-refractivity contribution in [1.82, 2.24) is 0 Å². The first-order valence-corrected chi connectivity index (χ1v) is 3.38. The van der Waals surface area contributed by atoms with Crippen molar-refractivity contribution in [2.24, 2.45) is 0 Å². The Hall–Kier alpha value is -1.13. The molecule has 0 aromatic heterocycles. The molecule has 0 aliphatic rings. The highest BCUT2D eigenvalue weighted by atomic mass is 19.3. The largest absolute Gasteiger partial charge is 0.264 e. The Morgan fingerprint density at radius 3 is 2.23 bits per heavy atom. The highest BCUT2D eigenvalue weighted by molar-refractivity contribution is 5.29. The predicted octanol–water partition coefficient (Wildman–Crippen LogP) is 3.37. The van der Waals surface area contributed by atoms with Crippen molar-refractivity contribution < 1.29 is 22.0 Å². The standard InChI is InChI=1S/C8H5F5/c9-3-5-4(8(12)13)1-2-6(10)7(5)11/h1-2,8H,3H2. The average Bonchev–Trinajstić information content (AvgIpc) is 2.09. The molecular weight excluding hydrogens is 191 g/mol. The second kappa shape index (κ2) is 3.72. The van der Waals surface area contributed by atoms with Crippen molar-refractivity contribution in [3.8, 4) is 0 Å². The van der Waals surface area contributed by atoms with E-state index in [1.54, 1.807) is 0 Å². The third kappa shape index (κ3) is 1.79. The van der Waals surface area contributed by atoms with Crippen molar-refractivity contribution in [3.63, 3.8) is 0 Å². The summed E-state index contributed by atoms with van der Waals surface area (Å²) in [6.07, 6.45) is -3.00. The van der Waals surface area contributed by atoms with Crippen LogP contribution in [0, 0.1) is 11.6 Å². The smallest absolute Gasteiger partial charge is 0.246 e. The molecule has 0 heterocycles. The van der Waals surface area contributed by atoms with Gasteiger partial charge >= 0.3 is 0 Å². The topological polar surface area (TPSA) is 0 Å². The van der Waals surface area contributed by atoms with Crippen LogP contribution in [0.5, 0.6) is 0 Å². The Labute approximate surface area is 71.0 Å². The molecule has 0 atom stereocenters. The van der Waals surface area contributed by atoms with E-state index in [4.69, 9.17) is 0 Å². The summed E-state index contributed by atoms with van der Waals surface area (Å²) in [5.41, 5.74) is -1.71. The zero-order chi connectivity index (χ0) is 10.0. The number of hydrogen-bond acceptors (Lipinski definition) is 0. The van der Waals surface area contributed by atoms with Gasteiger partial charge in [0.2, 0.25) is 0 Å². The first kappa shape index (κ1) is 9.95. The van der Waals surface area contributed by atoms with E-state index in [1.165, 1.54) is 0 Å². The number of halogens is 5. The number of rotatable bonds is 2. The van der Waals surface area contributed by atoms with Gasteiger partial charge in [0.25, 0.3) is 6.43 Å². The molecule has 0 aliphatic carbocycles. The van der Waals surface area contributed by atoms with E-state index in [-0.39, 0.29) is 0 Å². The summed E-state index contributed by atoms with van der Waals surface area (Å²) >= 11 is 0. The second-order valence-electron chi connectivity index (χ2n) is 2.36. The lowest BCUT2D eigenvalue weighted by Gasteiger charge is -2.06. The van der Waals surface area contributed by atoms with Gasteiger partial charge < -0.3 is 0 Å². The maximum absolute atomic E-state index is 12.7. The molecule has 0 bridgehead atoms. The summed E-state index contributed by atoms with van der Waals surface area (Å²) in [5.74, 6) is -2.86. The lowest BCUT2D eigenvalue weighted by atomic mass is 10.1. The summed E-state index contributed by atoms with van der Waals surface area (Å²) in [5, 5.41) is 0. The van der Waals surface area contributed by atoms with Gasteiger partial charge in [0, 0.05) is 11.1 Å². The van der Waals surface area contributed by atoms with Gasteiger partial charge in [-0.25, -0.2) is 22.0 Å². The van der Waals surface area contributed by atoms with Crippen LogP contribution in [0.4, 0.5) is 22.0 Å². The van der Waals surface area contributed by atoms with Crippen molar-refractivity contribution in [2.75, 3.05) is 0 Å². The lowest BCUT2D eigenvalue weighted by molar-refractivity contribution is 0.148. The van der Waals surface area contributed by atoms with Gasteiger partial charge in [0.1, 0.15) is 6.67 Å². The SMILES string of the molecule is FCc1c(C(F)F)ccc(F)c1F. The molecule has 0 aliphatic heterocycles. The summed E-state index contributed by atoms with van der Waals surface area (Å²) in [6, 6.07) is 1.23. The molecule has 1 aromatic carbocycles. The van der Waals surface area contributed by atoms with Crippen LogP contribution in [0.2, 0.25) is 0 Å². The first-order chi connectivity index (χ1) is 6.07. The zero-order valence-electron chi connectivity index (χ0n) is 6.33. The Morgan fingerprint density at radius 2 is 1.77 bits per heavy atom. The van der Waals surface area contributed by atoms with Crippen LogP contribution in [0.3, 0.4) is 0 Å². The van der Waals surface area contributed by atoms with Crippen LogP contribution >= 0.6 is 0 Å². The highest BCUT2D eigenvalue weighted by Gasteiger charge is 2.19.